The highest BCUT2D eigenvalue weighted by Crippen LogP contribution is 2.47. The van der Waals surface area contributed by atoms with Crippen molar-refractivity contribution in [1.82, 2.24) is 5.32 Å². The van der Waals surface area contributed by atoms with Gasteiger partial charge in [0.05, 0.1) is 12.3 Å². The summed E-state index contributed by atoms with van der Waals surface area (Å²) in [6, 6.07) is 12.4. The lowest BCUT2D eigenvalue weighted by Crippen LogP contribution is -2.55. The van der Waals surface area contributed by atoms with E-state index in [2.05, 4.69) is 10.2 Å². The number of urea groups is 1. The van der Waals surface area contributed by atoms with Gasteiger partial charge in [-0.15, -0.1) is 0 Å². The lowest BCUT2D eigenvalue weighted by atomic mass is 9.75. The van der Waals surface area contributed by atoms with Crippen LogP contribution in [0.5, 0.6) is 0 Å². The SMILES string of the molecule is [C-]#[N+]c1ccc(N2C(=O)N(c3ccc(CCCC(=O)NCC)cc3)C3(CCC3)C2=O)cc1C. The Kier molecular flexibility index (Phi) is 6.19. The number of benzene rings is 2. The largest absolute Gasteiger partial charge is 0.356 e. The Morgan fingerprint density at radius 1 is 1.12 bits per heavy atom. The van der Waals surface area contributed by atoms with Crippen LogP contribution in [0.2, 0.25) is 0 Å². The number of rotatable bonds is 7. The fraction of sp³-hybridized carbons (Fsp3) is 0.385. The van der Waals surface area contributed by atoms with Gasteiger partial charge in [0.25, 0.3) is 5.91 Å². The molecule has 0 atom stereocenters. The zero-order valence-corrected chi connectivity index (χ0v) is 19.1. The van der Waals surface area contributed by atoms with Crippen molar-refractivity contribution < 1.29 is 14.4 Å². The molecule has 4 amide bonds. The summed E-state index contributed by atoms with van der Waals surface area (Å²) in [7, 11) is 0. The van der Waals surface area contributed by atoms with Crippen molar-refractivity contribution in [3.63, 3.8) is 0 Å². The van der Waals surface area contributed by atoms with Gasteiger partial charge >= 0.3 is 6.03 Å². The van der Waals surface area contributed by atoms with Gasteiger partial charge in [0.2, 0.25) is 5.91 Å². The first-order valence-electron chi connectivity index (χ1n) is 11.4. The Morgan fingerprint density at radius 3 is 2.39 bits per heavy atom. The van der Waals surface area contributed by atoms with Crippen LogP contribution in [0.15, 0.2) is 42.5 Å². The van der Waals surface area contributed by atoms with Crippen molar-refractivity contribution in [3.05, 3.63) is 65.0 Å². The zero-order chi connectivity index (χ0) is 23.6. The molecule has 1 aliphatic heterocycles. The Morgan fingerprint density at radius 2 is 1.82 bits per heavy atom. The molecule has 0 aromatic heterocycles. The molecule has 1 saturated carbocycles. The van der Waals surface area contributed by atoms with Crippen LogP contribution in [0, 0.1) is 13.5 Å². The molecule has 1 saturated heterocycles. The smallest absolute Gasteiger partial charge is 0.336 e. The molecule has 0 unspecified atom stereocenters. The maximum absolute atomic E-state index is 13.5. The van der Waals surface area contributed by atoms with Crippen LogP contribution in [0.3, 0.4) is 0 Å². The van der Waals surface area contributed by atoms with E-state index in [1.165, 1.54) is 4.90 Å². The van der Waals surface area contributed by atoms with E-state index in [9.17, 15) is 14.4 Å². The fourth-order valence-corrected chi connectivity index (χ4v) is 4.66. The van der Waals surface area contributed by atoms with E-state index in [0.717, 1.165) is 30.4 Å². The van der Waals surface area contributed by atoms with Gasteiger partial charge < -0.3 is 5.32 Å². The van der Waals surface area contributed by atoms with Crippen molar-refractivity contribution in [1.29, 1.82) is 0 Å². The predicted octanol–water partition coefficient (Wildman–Crippen LogP) is 4.90. The molecule has 2 aliphatic rings. The molecule has 1 spiro atoms. The molecular formula is C26H28N4O3. The summed E-state index contributed by atoms with van der Waals surface area (Å²) in [5, 5.41) is 2.80. The quantitative estimate of drug-likeness (QED) is 0.488. The second-order valence-electron chi connectivity index (χ2n) is 8.70. The first-order valence-corrected chi connectivity index (χ1v) is 11.4. The maximum atomic E-state index is 13.5. The number of imide groups is 1. The van der Waals surface area contributed by atoms with Crippen LogP contribution in [0.4, 0.5) is 21.9 Å². The molecule has 1 aliphatic carbocycles. The Labute approximate surface area is 194 Å². The van der Waals surface area contributed by atoms with Crippen molar-refractivity contribution >= 4 is 34.9 Å². The number of aryl methyl sites for hydroxylation is 2. The molecule has 1 N–H and O–H groups in total. The van der Waals surface area contributed by atoms with Gasteiger partial charge in [-0.05, 0) is 81.3 Å². The maximum Gasteiger partial charge on any atom is 0.336 e. The van der Waals surface area contributed by atoms with Gasteiger partial charge in [0.1, 0.15) is 5.54 Å². The summed E-state index contributed by atoms with van der Waals surface area (Å²) < 4.78 is 0. The average molecular weight is 445 g/mol. The van der Waals surface area contributed by atoms with Crippen molar-refractivity contribution in [3.8, 4) is 0 Å². The third-order valence-electron chi connectivity index (χ3n) is 6.59. The highest BCUT2D eigenvalue weighted by molar-refractivity contribution is 6.30. The zero-order valence-electron chi connectivity index (χ0n) is 19.1. The van der Waals surface area contributed by atoms with E-state index in [1.54, 1.807) is 23.1 Å². The third kappa shape index (κ3) is 3.97. The van der Waals surface area contributed by atoms with E-state index < -0.39 is 5.54 Å². The second kappa shape index (κ2) is 9.07. The van der Waals surface area contributed by atoms with Crippen molar-refractivity contribution in [2.24, 2.45) is 0 Å². The van der Waals surface area contributed by atoms with Gasteiger partial charge in [0, 0.05) is 18.7 Å². The van der Waals surface area contributed by atoms with E-state index >= 15 is 0 Å². The lowest BCUT2D eigenvalue weighted by molar-refractivity contribution is -0.124. The Bertz CT molecular complexity index is 1130. The van der Waals surface area contributed by atoms with E-state index in [-0.39, 0.29) is 17.8 Å². The van der Waals surface area contributed by atoms with Gasteiger partial charge in [0.15, 0.2) is 5.69 Å². The van der Waals surface area contributed by atoms with Crippen LogP contribution in [-0.2, 0) is 16.0 Å². The first-order chi connectivity index (χ1) is 15.9. The van der Waals surface area contributed by atoms with Crippen LogP contribution in [0.25, 0.3) is 4.85 Å². The molecule has 0 radical (unpaired) electrons. The topological polar surface area (TPSA) is 74.1 Å². The predicted molar refractivity (Wildman–Crippen MR) is 127 cm³/mol. The highest BCUT2D eigenvalue weighted by atomic mass is 16.2. The molecule has 0 bridgehead atoms. The molecule has 7 heteroatoms. The molecule has 7 nitrogen and oxygen atoms in total. The number of hydrogen-bond donors (Lipinski definition) is 1. The number of carbonyl (C=O) groups is 3. The summed E-state index contributed by atoms with van der Waals surface area (Å²) in [6.07, 6.45) is 4.19. The van der Waals surface area contributed by atoms with Crippen molar-refractivity contribution in [2.45, 2.75) is 57.9 Å². The summed E-state index contributed by atoms with van der Waals surface area (Å²) in [6.45, 7) is 11.6. The minimum Gasteiger partial charge on any atom is -0.356 e. The molecule has 4 rings (SSSR count). The molecule has 170 valence electrons. The summed E-state index contributed by atoms with van der Waals surface area (Å²) in [5.74, 6) is -0.137. The summed E-state index contributed by atoms with van der Waals surface area (Å²) in [4.78, 5) is 45.0. The van der Waals surface area contributed by atoms with E-state index in [0.29, 0.717) is 42.9 Å². The van der Waals surface area contributed by atoms with Crippen LogP contribution in [0.1, 0.15) is 50.2 Å². The monoisotopic (exact) mass is 444 g/mol. The Hall–Kier alpha value is -3.66. The van der Waals surface area contributed by atoms with Crippen molar-refractivity contribution in [2.75, 3.05) is 16.3 Å². The molecule has 33 heavy (non-hydrogen) atoms. The number of anilines is 2. The minimum atomic E-state index is -0.830. The molecular weight excluding hydrogens is 416 g/mol. The summed E-state index contributed by atoms with van der Waals surface area (Å²) >= 11 is 0. The second-order valence-corrected chi connectivity index (χ2v) is 8.70. The fourth-order valence-electron chi connectivity index (χ4n) is 4.66. The number of nitrogens with zero attached hydrogens (tertiary/aromatic N) is 3. The minimum absolute atomic E-state index is 0.0574. The van der Waals surface area contributed by atoms with Gasteiger partial charge in [-0.1, -0.05) is 18.2 Å². The number of nitrogens with one attached hydrogen (secondary N) is 1. The lowest BCUT2D eigenvalue weighted by Gasteiger charge is -2.42. The number of amides is 4. The average Bonchev–Trinajstić information content (AvgIpc) is 3.01. The van der Waals surface area contributed by atoms with Gasteiger partial charge in [-0.2, -0.15) is 0 Å². The van der Waals surface area contributed by atoms with Crippen LogP contribution in [-0.4, -0.2) is 29.9 Å². The highest BCUT2D eigenvalue weighted by Gasteiger charge is 2.61. The van der Waals surface area contributed by atoms with Gasteiger partial charge in [-0.25, -0.2) is 14.5 Å². The summed E-state index contributed by atoms with van der Waals surface area (Å²) in [5.41, 5.74) is 2.72. The number of hydrogen-bond acceptors (Lipinski definition) is 3. The molecule has 1 heterocycles. The molecule has 2 aromatic rings. The normalized spacial score (nSPS) is 16.6. The van der Waals surface area contributed by atoms with Crippen LogP contribution >= 0.6 is 0 Å². The standard InChI is InChI=1S/C26H28N4O3/c1-4-28-23(31)8-5-7-19-9-11-20(12-10-19)30-25(33)29(24(32)26(30)15-6-16-26)21-13-14-22(27-3)18(2)17-21/h9-14,17H,4-8,15-16H2,1-2H3,(H,28,31). The molecule has 2 aromatic carbocycles. The first kappa shape index (κ1) is 22.5. The van der Waals surface area contributed by atoms with E-state index in [4.69, 9.17) is 6.57 Å². The van der Waals surface area contributed by atoms with E-state index in [1.807, 2.05) is 38.1 Å². The number of carbonyl (C=O) groups excluding carboxylic acids is 3. The Balaban J connectivity index is 1.55. The van der Waals surface area contributed by atoms with Crippen LogP contribution < -0.4 is 15.1 Å². The van der Waals surface area contributed by atoms with Gasteiger partial charge in [-0.3, -0.25) is 14.5 Å². The molecule has 2 fully saturated rings. The third-order valence-corrected chi connectivity index (χ3v) is 6.59.